The molecule has 0 saturated carbocycles. The van der Waals surface area contributed by atoms with Crippen LogP contribution in [0.15, 0.2) is 60.8 Å². The van der Waals surface area contributed by atoms with Gasteiger partial charge in [-0.1, -0.05) is 210 Å². The summed E-state index contributed by atoms with van der Waals surface area (Å²) < 4.78 is 16.8. The van der Waals surface area contributed by atoms with Gasteiger partial charge in [-0.3, -0.25) is 14.4 Å². The van der Waals surface area contributed by atoms with E-state index in [1.54, 1.807) is 0 Å². The molecule has 0 radical (unpaired) electrons. The number of ether oxygens (including phenoxy) is 3. The molecule has 6 nitrogen and oxygen atoms in total. The largest absolute Gasteiger partial charge is 0.462 e. The van der Waals surface area contributed by atoms with E-state index >= 15 is 0 Å². The molecule has 0 bridgehead atoms. The predicted octanol–water partition coefficient (Wildman–Crippen LogP) is 17.6. The molecule has 0 aromatic heterocycles. The summed E-state index contributed by atoms with van der Waals surface area (Å²) in [5.74, 6) is -0.927. The number of hydrogen-bond donors (Lipinski definition) is 0. The molecule has 0 aliphatic heterocycles. The Kier molecular flexibility index (Phi) is 49.4. The van der Waals surface area contributed by atoms with Crippen molar-refractivity contribution in [1.29, 1.82) is 0 Å². The zero-order valence-corrected chi connectivity index (χ0v) is 41.6. The molecule has 1 unspecified atom stereocenters. The molecule has 0 amide bonds. The van der Waals surface area contributed by atoms with Crippen LogP contribution >= 0.6 is 0 Å². The minimum Gasteiger partial charge on any atom is -0.462 e. The Hall–Kier alpha value is -2.89. The molecule has 63 heavy (non-hydrogen) atoms. The molecule has 0 spiro atoms. The second-order valence-electron chi connectivity index (χ2n) is 17.7. The average molecular weight is 881 g/mol. The molecule has 0 saturated heterocycles. The van der Waals surface area contributed by atoms with Gasteiger partial charge in [0.05, 0.1) is 0 Å². The Morgan fingerprint density at radius 1 is 0.333 bits per heavy atom. The van der Waals surface area contributed by atoms with Crippen LogP contribution in [-0.2, 0) is 28.6 Å². The summed E-state index contributed by atoms with van der Waals surface area (Å²) >= 11 is 0. The lowest BCUT2D eigenvalue weighted by Gasteiger charge is -2.18. The van der Waals surface area contributed by atoms with Crippen molar-refractivity contribution in [3.8, 4) is 0 Å². The molecule has 364 valence electrons. The maximum Gasteiger partial charge on any atom is 0.306 e. The number of unbranched alkanes of at least 4 members (excludes halogenated alkanes) is 27. The molecule has 0 fully saturated rings. The van der Waals surface area contributed by atoms with Crippen LogP contribution in [0.5, 0.6) is 0 Å². The summed E-state index contributed by atoms with van der Waals surface area (Å²) in [7, 11) is 0. The van der Waals surface area contributed by atoms with Crippen LogP contribution < -0.4 is 0 Å². The predicted molar refractivity (Wildman–Crippen MR) is 270 cm³/mol. The van der Waals surface area contributed by atoms with E-state index in [-0.39, 0.29) is 31.1 Å². The molecule has 0 N–H and O–H groups in total. The Balaban J connectivity index is 4.31. The van der Waals surface area contributed by atoms with Gasteiger partial charge in [0.2, 0.25) is 0 Å². The van der Waals surface area contributed by atoms with Crippen molar-refractivity contribution >= 4 is 17.9 Å². The van der Waals surface area contributed by atoms with Gasteiger partial charge in [0, 0.05) is 19.3 Å². The molecule has 0 heterocycles. The Morgan fingerprint density at radius 2 is 0.635 bits per heavy atom. The molecule has 0 aliphatic rings. The van der Waals surface area contributed by atoms with Gasteiger partial charge in [0.1, 0.15) is 13.2 Å². The summed E-state index contributed by atoms with van der Waals surface area (Å²) in [6.45, 7) is 6.46. The van der Waals surface area contributed by atoms with E-state index in [1.807, 2.05) is 0 Å². The maximum absolute atomic E-state index is 12.8. The zero-order valence-electron chi connectivity index (χ0n) is 41.6. The minimum atomic E-state index is -0.792. The van der Waals surface area contributed by atoms with Crippen LogP contribution in [0.25, 0.3) is 0 Å². The molecule has 0 aromatic rings. The van der Waals surface area contributed by atoms with Gasteiger partial charge in [-0.05, 0) is 96.3 Å². The number of carbonyl (C=O) groups is 3. The fraction of sp³-hybridized carbons (Fsp3) is 0.772. The third kappa shape index (κ3) is 50.0. The van der Waals surface area contributed by atoms with Crippen molar-refractivity contribution in [2.24, 2.45) is 0 Å². The van der Waals surface area contributed by atoms with E-state index in [4.69, 9.17) is 14.2 Å². The average Bonchev–Trinajstić information content (AvgIpc) is 3.28. The highest BCUT2D eigenvalue weighted by atomic mass is 16.6. The highest BCUT2D eigenvalue weighted by Gasteiger charge is 2.19. The number of hydrogen-bond acceptors (Lipinski definition) is 6. The number of allylic oxidation sites excluding steroid dienone is 10. The van der Waals surface area contributed by atoms with E-state index in [9.17, 15) is 14.4 Å². The summed E-state index contributed by atoms with van der Waals surface area (Å²) in [6, 6.07) is 0. The summed E-state index contributed by atoms with van der Waals surface area (Å²) in [5, 5.41) is 0. The number of rotatable bonds is 48. The number of esters is 3. The fourth-order valence-electron chi connectivity index (χ4n) is 7.43. The van der Waals surface area contributed by atoms with Crippen molar-refractivity contribution in [3.63, 3.8) is 0 Å². The van der Waals surface area contributed by atoms with Gasteiger partial charge in [-0.25, -0.2) is 0 Å². The van der Waals surface area contributed by atoms with Gasteiger partial charge < -0.3 is 14.2 Å². The van der Waals surface area contributed by atoms with Crippen molar-refractivity contribution in [2.45, 2.75) is 271 Å². The molecular formula is C57H100O6. The second kappa shape index (κ2) is 51.7. The minimum absolute atomic E-state index is 0.0894. The SMILES string of the molecule is CC/C=C\C/C=C\C/C=C\CCCCCC(=O)OC(COC(=O)CCCCCCC/C=C\CCCC)COC(=O)CCCCCCCCCCC/C=C\CCCCCCCCCC. The monoisotopic (exact) mass is 881 g/mol. The fourth-order valence-corrected chi connectivity index (χ4v) is 7.43. The van der Waals surface area contributed by atoms with Gasteiger partial charge in [-0.2, -0.15) is 0 Å². The molecule has 0 aliphatic carbocycles. The summed E-state index contributed by atoms with van der Waals surface area (Å²) in [6.07, 6.45) is 63.6. The summed E-state index contributed by atoms with van der Waals surface area (Å²) in [4.78, 5) is 37.9. The van der Waals surface area contributed by atoms with E-state index in [1.165, 1.54) is 135 Å². The third-order valence-electron chi connectivity index (χ3n) is 11.5. The zero-order chi connectivity index (χ0) is 45.8. The van der Waals surface area contributed by atoms with Gasteiger partial charge in [0.15, 0.2) is 6.10 Å². The first-order valence-corrected chi connectivity index (χ1v) is 26.8. The first kappa shape index (κ1) is 60.1. The third-order valence-corrected chi connectivity index (χ3v) is 11.5. The lowest BCUT2D eigenvalue weighted by molar-refractivity contribution is -0.167. The van der Waals surface area contributed by atoms with Gasteiger partial charge in [-0.15, -0.1) is 0 Å². The van der Waals surface area contributed by atoms with Crippen molar-refractivity contribution in [2.75, 3.05) is 13.2 Å². The molecule has 0 rings (SSSR count). The van der Waals surface area contributed by atoms with Crippen molar-refractivity contribution in [1.82, 2.24) is 0 Å². The quantitative estimate of drug-likeness (QED) is 0.0262. The lowest BCUT2D eigenvalue weighted by atomic mass is 10.1. The Labute approximate surface area is 390 Å². The van der Waals surface area contributed by atoms with E-state index < -0.39 is 6.10 Å². The molecule has 0 aromatic carbocycles. The summed E-state index contributed by atoms with van der Waals surface area (Å²) in [5.41, 5.74) is 0. The van der Waals surface area contributed by atoms with Crippen LogP contribution in [-0.4, -0.2) is 37.2 Å². The van der Waals surface area contributed by atoms with Crippen LogP contribution in [0.2, 0.25) is 0 Å². The maximum atomic E-state index is 12.8. The van der Waals surface area contributed by atoms with Gasteiger partial charge >= 0.3 is 17.9 Å². The topological polar surface area (TPSA) is 78.9 Å². The first-order valence-electron chi connectivity index (χ1n) is 26.8. The number of carbonyl (C=O) groups excluding carboxylic acids is 3. The highest BCUT2D eigenvalue weighted by Crippen LogP contribution is 2.15. The second-order valence-corrected chi connectivity index (χ2v) is 17.7. The van der Waals surface area contributed by atoms with Crippen molar-refractivity contribution in [3.05, 3.63) is 60.8 Å². The highest BCUT2D eigenvalue weighted by molar-refractivity contribution is 5.71. The Morgan fingerprint density at radius 3 is 1.05 bits per heavy atom. The standard InChI is InChI=1S/C57H100O6/c1-4-7-10-13-16-19-22-24-25-26-27-28-29-30-31-33-35-38-41-44-47-50-56(59)62-53-54(52-61-55(58)49-46-43-40-37-34-21-18-15-12-9-6-3)63-57(60)51-48-45-42-39-36-32-23-20-17-14-11-8-5-2/h8,11,15,17-18,20,26-27,32,36,54H,4-7,9-10,12-14,16,19,21-25,28-31,33-35,37-53H2,1-3H3/b11-8-,18-15-,20-17-,27-26-,36-32-. The molecule has 6 heteroatoms. The Bertz CT molecular complexity index is 1150. The van der Waals surface area contributed by atoms with E-state index in [2.05, 4.69) is 81.5 Å². The van der Waals surface area contributed by atoms with Crippen LogP contribution in [0, 0.1) is 0 Å². The normalized spacial score (nSPS) is 12.5. The molecular weight excluding hydrogens is 781 g/mol. The van der Waals surface area contributed by atoms with E-state index in [0.29, 0.717) is 19.3 Å². The molecule has 1 atom stereocenters. The van der Waals surface area contributed by atoms with Crippen molar-refractivity contribution < 1.29 is 28.6 Å². The van der Waals surface area contributed by atoms with Crippen LogP contribution in [0.3, 0.4) is 0 Å². The van der Waals surface area contributed by atoms with Crippen LogP contribution in [0.4, 0.5) is 0 Å². The lowest BCUT2D eigenvalue weighted by Crippen LogP contribution is -2.30. The van der Waals surface area contributed by atoms with Gasteiger partial charge in [0.25, 0.3) is 0 Å². The van der Waals surface area contributed by atoms with E-state index in [0.717, 1.165) is 89.9 Å². The first-order chi connectivity index (χ1) is 31.0. The smallest absolute Gasteiger partial charge is 0.306 e. The van der Waals surface area contributed by atoms with Crippen LogP contribution in [0.1, 0.15) is 265 Å².